The van der Waals surface area contributed by atoms with Gasteiger partial charge in [-0.3, -0.25) is 9.67 Å². The molecule has 27 heavy (non-hydrogen) atoms. The van der Waals surface area contributed by atoms with E-state index in [2.05, 4.69) is 33.2 Å². The maximum atomic E-state index is 6.34. The van der Waals surface area contributed by atoms with E-state index in [1.165, 1.54) is 5.56 Å². The smallest absolute Gasteiger partial charge is 0.194 e. The summed E-state index contributed by atoms with van der Waals surface area (Å²) in [7, 11) is 1.94. The van der Waals surface area contributed by atoms with E-state index in [1.54, 1.807) is 0 Å². The third kappa shape index (κ3) is 6.00. The first-order valence-electron chi connectivity index (χ1n) is 9.17. The highest BCUT2D eigenvalue weighted by Crippen LogP contribution is 2.25. The van der Waals surface area contributed by atoms with Crippen molar-refractivity contribution >= 4 is 47.2 Å². The van der Waals surface area contributed by atoms with Gasteiger partial charge in [0, 0.05) is 52.5 Å². The largest absolute Gasteiger partial charge is 0.367 e. The predicted octanol–water partition coefficient (Wildman–Crippen LogP) is 3.02. The number of guanidine groups is 1. The van der Waals surface area contributed by atoms with Crippen molar-refractivity contribution in [1.82, 2.24) is 20.0 Å². The molecule has 0 bridgehead atoms. The Balaban J connectivity index is 0.00000261. The molecule has 1 aromatic heterocycles. The molecule has 0 amide bonds. The lowest BCUT2D eigenvalue weighted by molar-refractivity contribution is 0.372. The van der Waals surface area contributed by atoms with E-state index in [-0.39, 0.29) is 24.0 Å². The lowest BCUT2D eigenvalue weighted by Gasteiger charge is -2.38. The molecule has 2 heterocycles. The number of nitrogens with one attached hydrogen (secondary N) is 1. The van der Waals surface area contributed by atoms with Gasteiger partial charge >= 0.3 is 0 Å². The Morgan fingerprint density at radius 1 is 1.22 bits per heavy atom. The molecule has 1 fully saturated rings. The number of benzene rings is 1. The Kier molecular flexibility index (Phi) is 8.69. The second-order valence-corrected chi connectivity index (χ2v) is 6.84. The number of aliphatic imine (C=N–C) groups is 1. The number of hydrogen-bond donors (Lipinski definition) is 1. The Hall–Kier alpha value is -1.48. The highest BCUT2D eigenvalue weighted by molar-refractivity contribution is 14.0. The summed E-state index contributed by atoms with van der Waals surface area (Å²) in [6.07, 6.45) is 4.86. The van der Waals surface area contributed by atoms with Crippen molar-refractivity contribution in [2.45, 2.75) is 13.3 Å². The normalized spacial score (nSPS) is 14.9. The zero-order valence-electron chi connectivity index (χ0n) is 15.9. The van der Waals surface area contributed by atoms with Crippen LogP contribution in [-0.2, 0) is 13.5 Å². The van der Waals surface area contributed by atoms with Gasteiger partial charge in [-0.05, 0) is 31.0 Å². The summed E-state index contributed by atoms with van der Waals surface area (Å²) in [5.74, 6) is 0.996. The summed E-state index contributed by atoms with van der Waals surface area (Å²) in [5.41, 5.74) is 2.34. The molecule has 0 atom stereocenters. The van der Waals surface area contributed by atoms with Gasteiger partial charge in [0.05, 0.1) is 16.9 Å². The molecule has 148 valence electrons. The van der Waals surface area contributed by atoms with Gasteiger partial charge in [-0.15, -0.1) is 24.0 Å². The van der Waals surface area contributed by atoms with Gasteiger partial charge in [0.15, 0.2) is 5.96 Å². The van der Waals surface area contributed by atoms with Crippen LogP contribution in [0, 0.1) is 0 Å². The van der Waals surface area contributed by atoms with Crippen LogP contribution in [0.2, 0.25) is 5.02 Å². The minimum atomic E-state index is 0. The lowest BCUT2D eigenvalue weighted by atomic mass is 10.2. The number of piperazine rings is 1. The van der Waals surface area contributed by atoms with E-state index in [0.717, 1.165) is 62.4 Å². The first kappa shape index (κ1) is 21.8. The summed E-state index contributed by atoms with van der Waals surface area (Å²) in [6, 6.07) is 8.05. The average molecular weight is 503 g/mol. The van der Waals surface area contributed by atoms with Crippen molar-refractivity contribution in [1.29, 1.82) is 0 Å². The number of aromatic nitrogens is 2. The SMILES string of the molecule is CCNC(=NCCc1cnn(C)c1)N1CCN(c2ccccc2Cl)CC1.I. The Morgan fingerprint density at radius 2 is 1.96 bits per heavy atom. The minimum Gasteiger partial charge on any atom is -0.367 e. The number of para-hydroxylation sites is 1. The molecule has 0 radical (unpaired) electrons. The fourth-order valence-corrected chi connectivity index (χ4v) is 3.44. The number of halogens is 2. The van der Waals surface area contributed by atoms with E-state index >= 15 is 0 Å². The number of rotatable bonds is 5. The molecular weight excluding hydrogens is 475 g/mol. The van der Waals surface area contributed by atoms with Crippen LogP contribution >= 0.6 is 35.6 Å². The van der Waals surface area contributed by atoms with E-state index in [0.29, 0.717) is 0 Å². The topological polar surface area (TPSA) is 48.7 Å². The molecule has 1 aliphatic rings. The third-order valence-corrected chi connectivity index (χ3v) is 4.85. The molecule has 1 saturated heterocycles. The molecule has 1 N–H and O–H groups in total. The predicted molar refractivity (Wildman–Crippen MR) is 124 cm³/mol. The van der Waals surface area contributed by atoms with Crippen molar-refractivity contribution in [3.8, 4) is 0 Å². The Morgan fingerprint density at radius 3 is 2.59 bits per heavy atom. The van der Waals surface area contributed by atoms with E-state index < -0.39 is 0 Å². The van der Waals surface area contributed by atoms with Crippen LogP contribution in [0.5, 0.6) is 0 Å². The van der Waals surface area contributed by atoms with E-state index in [4.69, 9.17) is 16.6 Å². The molecule has 2 aromatic rings. The molecule has 6 nitrogen and oxygen atoms in total. The molecule has 0 unspecified atom stereocenters. The van der Waals surface area contributed by atoms with Crippen molar-refractivity contribution in [3.63, 3.8) is 0 Å². The van der Waals surface area contributed by atoms with E-state index in [1.807, 2.05) is 42.3 Å². The maximum absolute atomic E-state index is 6.34. The van der Waals surface area contributed by atoms with Gasteiger partial charge in [-0.25, -0.2) is 0 Å². The Bertz CT molecular complexity index is 739. The van der Waals surface area contributed by atoms with Crippen LogP contribution in [0.1, 0.15) is 12.5 Å². The first-order chi connectivity index (χ1) is 12.7. The zero-order chi connectivity index (χ0) is 18.4. The third-order valence-electron chi connectivity index (χ3n) is 4.53. The molecule has 1 aromatic carbocycles. The van der Waals surface area contributed by atoms with Crippen LogP contribution in [-0.4, -0.2) is 59.9 Å². The molecule has 0 saturated carbocycles. The first-order valence-corrected chi connectivity index (χ1v) is 9.55. The molecule has 0 spiro atoms. The van der Waals surface area contributed by atoms with E-state index in [9.17, 15) is 0 Å². The molecular formula is C19H28ClIN6. The number of anilines is 1. The number of hydrogen-bond acceptors (Lipinski definition) is 3. The highest BCUT2D eigenvalue weighted by atomic mass is 127. The summed E-state index contributed by atoms with van der Waals surface area (Å²) in [4.78, 5) is 9.49. The summed E-state index contributed by atoms with van der Waals surface area (Å²) >= 11 is 6.34. The Labute approximate surface area is 183 Å². The van der Waals surface area contributed by atoms with Gasteiger partial charge in [0.1, 0.15) is 0 Å². The number of nitrogens with zero attached hydrogens (tertiary/aromatic N) is 5. The van der Waals surface area contributed by atoms with Crippen molar-refractivity contribution in [3.05, 3.63) is 47.2 Å². The van der Waals surface area contributed by atoms with Crippen LogP contribution < -0.4 is 10.2 Å². The second kappa shape index (κ2) is 10.8. The molecule has 0 aliphatic carbocycles. The fourth-order valence-electron chi connectivity index (χ4n) is 3.19. The molecule has 3 rings (SSSR count). The minimum absolute atomic E-state index is 0. The summed E-state index contributed by atoms with van der Waals surface area (Å²) in [5, 5.41) is 8.45. The van der Waals surface area contributed by atoms with Gasteiger partial charge in [0.25, 0.3) is 0 Å². The van der Waals surface area contributed by atoms with Crippen LogP contribution in [0.25, 0.3) is 0 Å². The highest BCUT2D eigenvalue weighted by Gasteiger charge is 2.20. The second-order valence-electron chi connectivity index (χ2n) is 6.43. The fraction of sp³-hybridized carbons (Fsp3) is 0.474. The van der Waals surface area contributed by atoms with Crippen molar-refractivity contribution in [2.24, 2.45) is 12.0 Å². The lowest BCUT2D eigenvalue weighted by Crippen LogP contribution is -2.52. The quantitative estimate of drug-likeness (QED) is 0.388. The molecule has 8 heteroatoms. The van der Waals surface area contributed by atoms with Crippen LogP contribution in [0.4, 0.5) is 5.69 Å². The van der Waals surface area contributed by atoms with Gasteiger partial charge in [-0.2, -0.15) is 5.10 Å². The van der Waals surface area contributed by atoms with Crippen LogP contribution in [0.3, 0.4) is 0 Å². The monoisotopic (exact) mass is 502 g/mol. The molecule has 1 aliphatic heterocycles. The van der Waals surface area contributed by atoms with Gasteiger partial charge in [-0.1, -0.05) is 23.7 Å². The van der Waals surface area contributed by atoms with Crippen LogP contribution in [0.15, 0.2) is 41.7 Å². The average Bonchev–Trinajstić information content (AvgIpc) is 3.07. The van der Waals surface area contributed by atoms with Crippen molar-refractivity contribution < 1.29 is 0 Å². The van der Waals surface area contributed by atoms with Gasteiger partial charge in [0.2, 0.25) is 0 Å². The summed E-state index contributed by atoms with van der Waals surface area (Å²) in [6.45, 7) is 7.49. The summed E-state index contributed by atoms with van der Waals surface area (Å²) < 4.78 is 1.83. The zero-order valence-corrected chi connectivity index (χ0v) is 19.0. The standard InChI is InChI=1S/C19H27ClN6.HI/c1-3-21-19(22-9-8-16-14-23-24(2)15-16)26-12-10-25(11-13-26)18-7-5-4-6-17(18)20;/h4-7,14-15H,3,8-13H2,1-2H3,(H,21,22);1H. The number of aryl methyl sites for hydroxylation is 1. The maximum Gasteiger partial charge on any atom is 0.194 e. The van der Waals surface area contributed by atoms with Gasteiger partial charge < -0.3 is 15.1 Å². The van der Waals surface area contributed by atoms with Crippen molar-refractivity contribution in [2.75, 3.05) is 44.2 Å².